The van der Waals surface area contributed by atoms with Crippen molar-refractivity contribution in [3.8, 4) is 11.9 Å². The highest BCUT2D eigenvalue weighted by Gasteiger charge is 2.23. The molecule has 1 saturated heterocycles. The molecule has 0 aliphatic carbocycles. The van der Waals surface area contributed by atoms with Gasteiger partial charge in [-0.1, -0.05) is 54.6 Å². The maximum atomic E-state index is 11.9. The normalized spacial score (nSPS) is 16.8. The molecule has 0 saturated carbocycles. The van der Waals surface area contributed by atoms with E-state index in [1.807, 2.05) is 60.7 Å². The van der Waals surface area contributed by atoms with Crippen LogP contribution in [0.4, 0.5) is 0 Å². The number of carbonyl (C=O) groups excluding carboxylic acids is 1. The number of rotatable bonds is 4. The Kier molecular flexibility index (Phi) is 5.52. The zero-order chi connectivity index (χ0) is 18.4. The van der Waals surface area contributed by atoms with Gasteiger partial charge in [-0.15, -0.1) is 4.99 Å². The van der Waals surface area contributed by atoms with Crippen LogP contribution >= 0.6 is 11.8 Å². The second kappa shape index (κ2) is 8.19. The summed E-state index contributed by atoms with van der Waals surface area (Å²) in [6.07, 6.45) is 7.41. The number of hydrogen-bond acceptors (Lipinski definition) is 5. The molecular weight excluding hydrogens is 346 g/mol. The van der Waals surface area contributed by atoms with Gasteiger partial charge in [-0.05, 0) is 35.0 Å². The summed E-state index contributed by atoms with van der Waals surface area (Å²) in [5.41, 5.74) is 2.87. The number of ether oxygens (including phenoxy) is 1. The molecule has 0 unspecified atom stereocenters. The number of nitrogens with zero attached hydrogens (tertiary/aromatic N) is 2. The summed E-state index contributed by atoms with van der Waals surface area (Å²) in [5.74, 6) is 0.442. The molecule has 1 heterocycles. The molecule has 2 aromatic rings. The monoisotopic (exact) mass is 361 g/mol. The van der Waals surface area contributed by atoms with Crippen LogP contribution in [0, 0.1) is 11.5 Å². The molecule has 0 spiro atoms. The lowest BCUT2D eigenvalue weighted by molar-refractivity contribution is -0.115. The third kappa shape index (κ3) is 4.21. The van der Waals surface area contributed by atoms with E-state index in [1.54, 1.807) is 19.4 Å². The largest absolute Gasteiger partial charge is 0.496 e. The Balaban J connectivity index is 1.84. The molecule has 0 aromatic heterocycles. The summed E-state index contributed by atoms with van der Waals surface area (Å²) in [5, 5.41) is 11.4. The SMILES string of the molecule is COc1cc(/C=C2/SC(=NC#N)NC2=O)ccc1C=Cc1ccccc1. The van der Waals surface area contributed by atoms with Crippen LogP contribution in [0.3, 0.4) is 0 Å². The molecule has 1 aliphatic rings. The number of methoxy groups -OCH3 is 1. The summed E-state index contributed by atoms with van der Waals surface area (Å²) in [4.78, 5) is 15.9. The predicted molar refractivity (Wildman–Crippen MR) is 105 cm³/mol. The minimum Gasteiger partial charge on any atom is -0.496 e. The molecule has 0 atom stereocenters. The zero-order valence-electron chi connectivity index (χ0n) is 14.0. The molecule has 0 radical (unpaired) electrons. The minimum absolute atomic E-state index is 0.268. The lowest BCUT2D eigenvalue weighted by atomic mass is 10.1. The third-order valence-corrected chi connectivity index (χ3v) is 4.52. The Morgan fingerprint density at radius 2 is 1.96 bits per heavy atom. The topological polar surface area (TPSA) is 74.5 Å². The number of aliphatic imine (C=N–C) groups is 1. The van der Waals surface area contributed by atoms with Crippen molar-refractivity contribution < 1.29 is 9.53 Å². The van der Waals surface area contributed by atoms with Crippen molar-refractivity contribution in [1.82, 2.24) is 5.32 Å². The van der Waals surface area contributed by atoms with Gasteiger partial charge in [0.25, 0.3) is 5.91 Å². The highest BCUT2D eigenvalue weighted by Crippen LogP contribution is 2.28. The first-order valence-electron chi connectivity index (χ1n) is 7.78. The second-order valence-corrected chi connectivity index (χ2v) is 6.36. The average molecular weight is 361 g/mol. The van der Waals surface area contributed by atoms with Crippen LogP contribution in [-0.2, 0) is 4.79 Å². The Bertz CT molecular complexity index is 957. The predicted octanol–water partition coefficient (Wildman–Crippen LogP) is 3.91. The summed E-state index contributed by atoms with van der Waals surface area (Å²) >= 11 is 1.14. The average Bonchev–Trinajstić information content (AvgIpc) is 3.00. The van der Waals surface area contributed by atoms with E-state index in [1.165, 1.54) is 0 Å². The number of amides is 1. The smallest absolute Gasteiger partial charge is 0.264 e. The van der Waals surface area contributed by atoms with Gasteiger partial charge in [0.2, 0.25) is 6.19 Å². The first kappa shape index (κ1) is 17.5. The molecule has 6 heteroatoms. The van der Waals surface area contributed by atoms with Crippen LogP contribution in [-0.4, -0.2) is 18.2 Å². The summed E-state index contributed by atoms with van der Waals surface area (Å²) in [6.45, 7) is 0. The van der Waals surface area contributed by atoms with Crippen LogP contribution in [0.2, 0.25) is 0 Å². The fourth-order valence-electron chi connectivity index (χ4n) is 2.38. The van der Waals surface area contributed by atoms with Crippen molar-refractivity contribution in [2.75, 3.05) is 7.11 Å². The van der Waals surface area contributed by atoms with E-state index < -0.39 is 0 Å². The van der Waals surface area contributed by atoms with Gasteiger partial charge in [0.05, 0.1) is 12.0 Å². The molecule has 1 aliphatic heterocycles. The standard InChI is InChI=1S/C20H15N3O2S/c1-25-17-11-15(12-18-19(24)23-20(26-18)22-13-21)8-10-16(17)9-7-14-5-3-2-4-6-14/h2-12H,1H3,(H,22,23,24)/b9-7?,18-12+. The van der Waals surface area contributed by atoms with E-state index >= 15 is 0 Å². The van der Waals surface area contributed by atoms with E-state index in [-0.39, 0.29) is 11.1 Å². The Morgan fingerprint density at radius 3 is 2.69 bits per heavy atom. The molecule has 26 heavy (non-hydrogen) atoms. The molecular formula is C20H15N3O2S. The summed E-state index contributed by atoms with van der Waals surface area (Å²) in [6, 6.07) is 15.7. The number of carbonyl (C=O) groups is 1. The van der Waals surface area contributed by atoms with Crippen LogP contribution in [0.5, 0.6) is 5.75 Å². The van der Waals surface area contributed by atoms with Gasteiger partial charge in [0, 0.05) is 5.56 Å². The van der Waals surface area contributed by atoms with Crippen molar-refractivity contribution in [3.05, 3.63) is 70.1 Å². The Labute approximate surface area is 155 Å². The molecule has 2 aromatic carbocycles. The number of nitriles is 1. The first-order valence-corrected chi connectivity index (χ1v) is 8.60. The Hall–Kier alpha value is -3.30. The van der Waals surface area contributed by atoms with E-state index in [4.69, 9.17) is 10.00 Å². The van der Waals surface area contributed by atoms with Gasteiger partial charge in [-0.2, -0.15) is 5.26 Å². The van der Waals surface area contributed by atoms with Gasteiger partial charge < -0.3 is 4.74 Å². The molecule has 1 amide bonds. The highest BCUT2D eigenvalue weighted by molar-refractivity contribution is 8.18. The number of amidine groups is 1. The van der Waals surface area contributed by atoms with Gasteiger partial charge in [-0.25, -0.2) is 0 Å². The van der Waals surface area contributed by atoms with Gasteiger partial charge in [-0.3, -0.25) is 10.1 Å². The van der Waals surface area contributed by atoms with E-state index in [9.17, 15) is 4.79 Å². The van der Waals surface area contributed by atoms with Crippen molar-refractivity contribution in [3.63, 3.8) is 0 Å². The van der Waals surface area contributed by atoms with Crippen LogP contribution in [0.15, 0.2) is 58.4 Å². The molecule has 5 nitrogen and oxygen atoms in total. The lowest BCUT2D eigenvalue weighted by Crippen LogP contribution is -2.19. The highest BCUT2D eigenvalue weighted by atomic mass is 32.2. The maximum absolute atomic E-state index is 11.9. The fourth-order valence-corrected chi connectivity index (χ4v) is 3.16. The van der Waals surface area contributed by atoms with Gasteiger partial charge >= 0.3 is 0 Å². The molecule has 3 rings (SSSR count). The zero-order valence-corrected chi connectivity index (χ0v) is 14.8. The minimum atomic E-state index is -0.268. The quantitative estimate of drug-likeness (QED) is 0.509. The Morgan fingerprint density at radius 1 is 1.15 bits per heavy atom. The number of thioether (sulfide) groups is 1. The number of nitrogens with one attached hydrogen (secondary N) is 1. The van der Waals surface area contributed by atoms with Crippen LogP contribution < -0.4 is 10.1 Å². The van der Waals surface area contributed by atoms with E-state index in [2.05, 4.69) is 10.3 Å². The van der Waals surface area contributed by atoms with Gasteiger partial charge in [0.1, 0.15) is 5.75 Å². The summed E-state index contributed by atoms with van der Waals surface area (Å²) < 4.78 is 5.47. The number of hydrogen-bond donors (Lipinski definition) is 1. The first-order chi connectivity index (χ1) is 12.7. The third-order valence-electron chi connectivity index (χ3n) is 3.61. The second-order valence-electron chi connectivity index (χ2n) is 5.33. The fraction of sp³-hybridized carbons (Fsp3) is 0.0500. The van der Waals surface area contributed by atoms with Crippen LogP contribution in [0.1, 0.15) is 16.7 Å². The molecule has 1 fully saturated rings. The lowest BCUT2D eigenvalue weighted by Gasteiger charge is -2.06. The van der Waals surface area contributed by atoms with E-state index in [0.29, 0.717) is 10.7 Å². The number of benzene rings is 2. The van der Waals surface area contributed by atoms with Crippen molar-refractivity contribution >= 4 is 41.1 Å². The van der Waals surface area contributed by atoms with Crippen molar-refractivity contribution in [1.29, 1.82) is 5.26 Å². The van der Waals surface area contributed by atoms with E-state index in [0.717, 1.165) is 28.5 Å². The van der Waals surface area contributed by atoms with Crippen LogP contribution in [0.25, 0.3) is 18.2 Å². The molecule has 0 bridgehead atoms. The maximum Gasteiger partial charge on any atom is 0.264 e. The summed E-state index contributed by atoms with van der Waals surface area (Å²) in [7, 11) is 1.61. The van der Waals surface area contributed by atoms with Crippen molar-refractivity contribution in [2.24, 2.45) is 4.99 Å². The van der Waals surface area contributed by atoms with Crippen molar-refractivity contribution in [2.45, 2.75) is 0 Å². The van der Waals surface area contributed by atoms with Gasteiger partial charge in [0.15, 0.2) is 5.17 Å². The molecule has 1 N–H and O–H groups in total. The molecule has 128 valence electrons.